The van der Waals surface area contributed by atoms with Crippen LogP contribution < -0.4 is 0 Å². The maximum absolute atomic E-state index is 11.9. The van der Waals surface area contributed by atoms with E-state index in [1.54, 1.807) is 6.92 Å². The molecule has 0 N–H and O–H groups in total. The van der Waals surface area contributed by atoms with Crippen LogP contribution in [0.5, 0.6) is 0 Å². The first-order valence-electron chi connectivity index (χ1n) is 11.6. The van der Waals surface area contributed by atoms with E-state index in [0.717, 1.165) is 28.2 Å². The van der Waals surface area contributed by atoms with Gasteiger partial charge < -0.3 is 4.57 Å². The minimum atomic E-state index is 0.0709. The smallest absolute Gasteiger partial charge is 0.159 e. The number of aromatic nitrogens is 1. The van der Waals surface area contributed by atoms with E-state index < -0.39 is 0 Å². The molecule has 0 aliphatic heterocycles. The topological polar surface area (TPSA) is 22.0 Å². The van der Waals surface area contributed by atoms with Gasteiger partial charge in [-0.05, 0) is 67.8 Å². The standard InChI is InChI=1S/C32H27NO/c1-22-9-13-27(14-10-22)31-21-30(26-7-5-4-6-8-26)32(28-15-11-23(2)12-16-28)33(31)29-19-17-25(18-20-29)24(3)34/h4-21H,1-3H3. The maximum Gasteiger partial charge on any atom is 0.159 e. The number of hydrogen-bond acceptors (Lipinski definition) is 1. The quantitative estimate of drug-likeness (QED) is 0.251. The molecule has 2 nitrogen and oxygen atoms in total. The van der Waals surface area contributed by atoms with E-state index in [0.29, 0.717) is 5.56 Å². The van der Waals surface area contributed by atoms with Crippen LogP contribution in [0.3, 0.4) is 0 Å². The lowest BCUT2D eigenvalue weighted by molar-refractivity contribution is 0.101. The Morgan fingerprint density at radius 2 is 1.18 bits per heavy atom. The Morgan fingerprint density at radius 3 is 1.74 bits per heavy atom. The fourth-order valence-corrected chi connectivity index (χ4v) is 4.39. The second-order valence-corrected chi connectivity index (χ2v) is 8.83. The van der Waals surface area contributed by atoms with Crippen LogP contribution in [0.1, 0.15) is 28.4 Å². The number of hydrogen-bond donors (Lipinski definition) is 0. The molecule has 0 saturated carbocycles. The van der Waals surface area contributed by atoms with Crippen LogP contribution in [-0.4, -0.2) is 10.4 Å². The molecule has 0 saturated heterocycles. The average molecular weight is 442 g/mol. The lowest BCUT2D eigenvalue weighted by Crippen LogP contribution is -2.01. The van der Waals surface area contributed by atoms with Gasteiger partial charge in [0.25, 0.3) is 0 Å². The number of ketones is 1. The number of nitrogens with zero attached hydrogens (tertiary/aromatic N) is 1. The fraction of sp³-hybridized carbons (Fsp3) is 0.0938. The number of Topliss-reactive ketones (excluding diaryl/α,β-unsaturated/α-hetero) is 1. The summed E-state index contributed by atoms with van der Waals surface area (Å²) in [4.78, 5) is 11.9. The van der Waals surface area contributed by atoms with Crippen LogP contribution in [0, 0.1) is 13.8 Å². The van der Waals surface area contributed by atoms with E-state index >= 15 is 0 Å². The first kappa shape index (κ1) is 21.7. The Labute approximate surface area is 201 Å². The van der Waals surface area contributed by atoms with E-state index in [-0.39, 0.29) is 5.78 Å². The Bertz CT molecular complexity index is 1440. The van der Waals surface area contributed by atoms with Gasteiger partial charge in [0.05, 0.1) is 11.4 Å². The highest BCUT2D eigenvalue weighted by atomic mass is 16.1. The number of rotatable bonds is 5. The van der Waals surface area contributed by atoms with Crippen LogP contribution in [0.4, 0.5) is 0 Å². The molecule has 0 radical (unpaired) electrons. The molecule has 1 heterocycles. The average Bonchev–Trinajstić information content (AvgIpc) is 3.26. The summed E-state index contributed by atoms with van der Waals surface area (Å²) in [7, 11) is 0. The minimum Gasteiger partial charge on any atom is -0.309 e. The van der Waals surface area contributed by atoms with Crippen molar-refractivity contribution in [2.45, 2.75) is 20.8 Å². The molecule has 0 unspecified atom stereocenters. The molecular formula is C32H27NO. The highest BCUT2D eigenvalue weighted by Gasteiger charge is 2.20. The van der Waals surface area contributed by atoms with Crippen LogP contribution >= 0.6 is 0 Å². The number of aryl methyl sites for hydroxylation is 2. The number of carbonyl (C=O) groups excluding carboxylic acids is 1. The van der Waals surface area contributed by atoms with Crippen LogP contribution in [0.25, 0.3) is 39.3 Å². The van der Waals surface area contributed by atoms with Crippen molar-refractivity contribution in [1.82, 2.24) is 4.57 Å². The molecule has 0 amide bonds. The number of carbonyl (C=O) groups is 1. The Kier molecular flexibility index (Phi) is 5.73. The summed E-state index contributed by atoms with van der Waals surface area (Å²) >= 11 is 0. The molecular weight excluding hydrogens is 414 g/mol. The maximum atomic E-state index is 11.9. The largest absolute Gasteiger partial charge is 0.309 e. The molecule has 0 aliphatic carbocycles. The van der Waals surface area contributed by atoms with Gasteiger partial charge in [-0.25, -0.2) is 0 Å². The van der Waals surface area contributed by atoms with Gasteiger partial charge in [-0.15, -0.1) is 0 Å². The third-order valence-corrected chi connectivity index (χ3v) is 6.29. The molecule has 0 aliphatic rings. The third-order valence-electron chi connectivity index (χ3n) is 6.29. The molecule has 0 fully saturated rings. The van der Waals surface area contributed by atoms with Crippen molar-refractivity contribution in [2.75, 3.05) is 0 Å². The molecule has 0 spiro atoms. The molecule has 5 aromatic rings. The summed E-state index contributed by atoms with van der Waals surface area (Å²) in [5, 5.41) is 0. The summed E-state index contributed by atoms with van der Waals surface area (Å²) < 4.78 is 2.32. The van der Waals surface area contributed by atoms with Crippen LogP contribution in [-0.2, 0) is 0 Å². The van der Waals surface area contributed by atoms with Crippen molar-refractivity contribution in [2.24, 2.45) is 0 Å². The zero-order valence-corrected chi connectivity index (χ0v) is 19.7. The summed E-state index contributed by atoms with van der Waals surface area (Å²) in [6.07, 6.45) is 0. The Hall–Kier alpha value is -4.17. The normalized spacial score (nSPS) is 10.9. The van der Waals surface area contributed by atoms with Crippen molar-refractivity contribution >= 4 is 5.78 Å². The van der Waals surface area contributed by atoms with E-state index in [4.69, 9.17) is 0 Å². The molecule has 166 valence electrons. The van der Waals surface area contributed by atoms with E-state index in [9.17, 15) is 4.79 Å². The summed E-state index contributed by atoms with van der Waals surface area (Å²) in [6, 6.07) is 38.1. The zero-order valence-electron chi connectivity index (χ0n) is 19.7. The fourth-order valence-electron chi connectivity index (χ4n) is 4.39. The predicted octanol–water partition coefficient (Wildman–Crippen LogP) is 8.30. The van der Waals surface area contributed by atoms with Crippen molar-refractivity contribution in [3.63, 3.8) is 0 Å². The van der Waals surface area contributed by atoms with E-state index in [2.05, 4.69) is 97.3 Å². The lowest BCUT2D eigenvalue weighted by Gasteiger charge is -2.16. The summed E-state index contributed by atoms with van der Waals surface area (Å²) in [5.74, 6) is 0.0709. The summed E-state index contributed by atoms with van der Waals surface area (Å²) in [6.45, 7) is 5.82. The SMILES string of the molecule is CC(=O)c1ccc(-n2c(-c3ccc(C)cc3)cc(-c3ccccc3)c2-c2ccc(C)cc2)cc1. The van der Waals surface area contributed by atoms with E-state index in [1.807, 2.05) is 30.3 Å². The molecule has 2 heteroatoms. The Morgan fingerprint density at radius 1 is 0.618 bits per heavy atom. The van der Waals surface area contributed by atoms with Gasteiger partial charge in [0.15, 0.2) is 5.78 Å². The highest BCUT2D eigenvalue weighted by Crippen LogP contribution is 2.41. The van der Waals surface area contributed by atoms with Crippen molar-refractivity contribution < 1.29 is 4.79 Å². The van der Waals surface area contributed by atoms with Crippen LogP contribution in [0.2, 0.25) is 0 Å². The molecule has 0 atom stereocenters. The Balaban J connectivity index is 1.85. The molecule has 5 rings (SSSR count). The van der Waals surface area contributed by atoms with Gasteiger partial charge in [-0.2, -0.15) is 0 Å². The monoisotopic (exact) mass is 441 g/mol. The minimum absolute atomic E-state index is 0.0709. The van der Waals surface area contributed by atoms with Crippen molar-refractivity contribution in [3.8, 4) is 39.3 Å². The van der Waals surface area contributed by atoms with Gasteiger partial charge in [0.1, 0.15) is 0 Å². The first-order chi connectivity index (χ1) is 16.5. The zero-order chi connectivity index (χ0) is 23.7. The summed E-state index contributed by atoms with van der Waals surface area (Å²) in [5.41, 5.74) is 11.1. The second kappa shape index (κ2) is 8.99. The third kappa shape index (κ3) is 4.11. The lowest BCUT2D eigenvalue weighted by atomic mass is 10.00. The molecule has 4 aromatic carbocycles. The molecule has 0 bridgehead atoms. The van der Waals surface area contributed by atoms with Gasteiger partial charge in [0.2, 0.25) is 0 Å². The van der Waals surface area contributed by atoms with Crippen LogP contribution in [0.15, 0.2) is 109 Å². The predicted molar refractivity (Wildman–Crippen MR) is 142 cm³/mol. The number of benzene rings is 4. The van der Waals surface area contributed by atoms with Gasteiger partial charge >= 0.3 is 0 Å². The van der Waals surface area contributed by atoms with Crippen molar-refractivity contribution in [3.05, 3.63) is 126 Å². The van der Waals surface area contributed by atoms with E-state index in [1.165, 1.54) is 22.3 Å². The van der Waals surface area contributed by atoms with Crippen molar-refractivity contribution in [1.29, 1.82) is 0 Å². The molecule has 1 aromatic heterocycles. The van der Waals surface area contributed by atoms with Gasteiger partial charge in [-0.1, -0.05) is 90.0 Å². The van der Waals surface area contributed by atoms with Gasteiger partial charge in [0, 0.05) is 16.8 Å². The first-order valence-corrected chi connectivity index (χ1v) is 11.6. The highest BCUT2D eigenvalue weighted by molar-refractivity contribution is 5.94. The van der Waals surface area contributed by atoms with Gasteiger partial charge in [-0.3, -0.25) is 4.79 Å². The molecule has 34 heavy (non-hydrogen) atoms. The second-order valence-electron chi connectivity index (χ2n) is 8.83.